The maximum atomic E-state index is 11.0. The predicted octanol–water partition coefficient (Wildman–Crippen LogP) is 1.96. The molecule has 0 N–H and O–H groups in total. The first-order valence-corrected chi connectivity index (χ1v) is 5.68. The van der Waals surface area contributed by atoms with E-state index in [2.05, 4.69) is 9.72 Å². The lowest BCUT2D eigenvalue weighted by atomic mass is 10.3. The third kappa shape index (κ3) is 3.60. The van der Waals surface area contributed by atoms with Crippen molar-refractivity contribution in [2.45, 2.75) is 26.4 Å². The van der Waals surface area contributed by atoms with Crippen molar-refractivity contribution in [3.8, 4) is 0 Å². The average molecular weight is 229 g/mol. The van der Waals surface area contributed by atoms with Crippen LogP contribution < -0.4 is 0 Å². The Morgan fingerprint density at radius 3 is 3.00 bits per heavy atom. The molecule has 1 heterocycles. The molecule has 15 heavy (non-hydrogen) atoms. The highest BCUT2D eigenvalue weighted by Crippen LogP contribution is 2.21. The minimum absolute atomic E-state index is 0.00797. The highest BCUT2D eigenvalue weighted by Gasteiger charge is 2.12. The molecule has 0 spiro atoms. The van der Waals surface area contributed by atoms with Gasteiger partial charge < -0.3 is 9.47 Å². The standard InChI is InChI=1S/C10H15NO3S/c1-4-14-7(2)10-11-8(6-15-10)5-9(12)13-3/h6-7H,4-5H2,1-3H3. The van der Waals surface area contributed by atoms with Crippen molar-refractivity contribution in [3.05, 3.63) is 16.1 Å². The molecule has 1 aromatic heterocycles. The van der Waals surface area contributed by atoms with Gasteiger partial charge in [-0.25, -0.2) is 4.98 Å². The van der Waals surface area contributed by atoms with Crippen LogP contribution in [0.5, 0.6) is 0 Å². The van der Waals surface area contributed by atoms with Gasteiger partial charge in [-0.2, -0.15) is 0 Å². The fourth-order valence-corrected chi connectivity index (χ4v) is 1.95. The van der Waals surface area contributed by atoms with Crippen LogP contribution in [0.2, 0.25) is 0 Å². The number of aromatic nitrogens is 1. The summed E-state index contributed by atoms with van der Waals surface area (Å²) in [7, 11) is 1.37. The molecule has 0 saturated carbocycles. The molecule has 1 aromatic rings. The zero-order chi connectivity index (χ0) is 11.3. The summed E-state index contributed by atoms with van der Waals surface area (Å²) < 4.78 is 9.97. The summed E-state index contributed by atoms with van der Waals surface area (Å²) >= 11 is 1.51. The van der Waals surface area contributed by atoms with Crippen LogP contribution in [0.1, 0.15) is 30.7 Å². The van der Waals surface area contributed by atoms with Crippen molar-refractivity contribution in [3.63, 3.8) is 0 Å². The SMILES string of the molecule is CCOC(C)c1nc(CC(=O)OC)cs1. The van der Waals surface area contributed by atoms with Crippen molar-refractivity contribution in [1.82, 2.24) is 4.98 Å². The molecule has 1 rings (SSSR count). The van der Waals surface area contributed by atoms with Gasteiger partial charge in [0.05, 0.1) is 19.2 Å². The summed E-state index contributed by atoms with van der Waals surface area (Å²) in [5.41, 5.74) is 0.744. The second kappa shape index (κ2) is 5.82. The molecule has 0 aliphatic carbocycles. The largest absolute Gasteiger partial charge is 0.469 e. The average Bonchev–Trinajstić information content (AvgIpc) is 2.66. The number of methoxy groups -OCH3 is 1. The molecule has 4 nitrogen and oxygen atoms in total. The Labute approximate surface area is 93.2 Å². The van der Waals surface area contributed by atoms with Gasteiger partial charge in [0, 0.05) is 12.0 Å². The van der Waals surface area contributed by atoms with Crippen molar-refractivity contribution in [2.75, 3.05) is 13.7 Å². The van der Waals surface area contributed by atoms with E-state index in [9.17, 15) is 4.79 Å². The molecule has 84 valence electrons. The molecular weight excluding hydrogens is 214 g/mol. The van der Waals surface area contributed by atoms with E-state index in [4.69, 9.17) is 4.74 Å². The quantitative estimate of drug-likeness (QED) is 0.724. The molecule has 0 saturated heterocycles. The molecule has 0 aliphatic rings. The molecule has 1 atom stereocenters. The summed E-state index contributed by atoms with van der Waals surface area (Å²) in [5, 5.41) is 2.76. The normalized spacial score (nSPS) is 12.5. The molecule has 5 heteroatoms. The number of carbonyl (C=O) groups excluding carboxylic acids is 1. The molecule has 1 unspecified atom stereocenters. The maximum absolute atomic E-state index is 11.0. The van der Waals surface area contributed by atoms with E-state index in [-0.39, 0.29) is 18.5 Å². The monoisotopic (exact) mass is 229 g/mol. The number of hydrogen-bond acceptors (Lipinski definition) is 5. The molecule has 0 amide bonds. The van der Waals surface area contributed by atoms with Crippen LogP contribution >= 0.6 is 11.3 Å². The maximum Gasteiger partial charge on any atom is 0.311 e. The Hall–Kier alpha value is -0.940. The Morgan fingerprint density at radius 2 is 2.40 bits per heavy atom. The molecular formula is C10H15NO3S. The van der Waals surface area contributed by atoms with Crippen molar-refractivity contribution in [2.24, 2.45) is 0 Å². The van der Waals surface area contributed by atoms with Crippen LogP contribution in [0.15, 0.2) is 5.38 Å². The summed E-state index contributed by atoms with van der Waals surface area (Å²) in [6.45, 7) is 4.55. The highest BCUT2D eigenvalue weighted by atomic mass is 32.1. The number of hydrogen-bond donors (Lipinski definition) is 0. The lowest BCUT2D eigenvalue weighted by Crippen LogP contribution is -2.05. The van der Waals surface area contributed by atoms with Gasteiger partial charge >= 0.3 is 5.97 Å². The Balaban J connectivity index is 2.59. The lowest BCUT2D eigenvalue weighted by Gasteiger charge is -2.06. The van der Waals surface area contributed by atoms with E-state index in [1.54, 1.807) is 0 Å². The second-order valence-corrected chi connectivity index (χ2v) is 3.92. The number of ether oxygens (including phenoxy) is 2. The zero-order valence-corrected chi connectivity index (χ0v) is 9.97. The van der Waals surface area contributed by atoms with Gasteiger partial charge in [-0.1, -0.05) is 0 Å². The minimum atomic E-state index is -0.268. The number of rotatable bonds is 5. The topological polar surface area (TPSA) is 48.4 Å². The number of thiazole rings is 1. The van der Waals surface area contributed by atoms with Crippen molar-refractivity contribution >= 4 is 17.3 Å². The van der Waals surface area contributed by atoms with E-state index >= 15 is 0 Å². The zero-order valence-electron chi connectivity index (χ0n) is 9.15. The molecule has 0 fully saturated rings. The third-order valence-electron chi connectivity index (χ3n) is 1.89. The van der Waals surface area contributed by atoms with Crippen LogP contribution in [-0.4, -0.2) is 24.7 Å². The number of carbonyl (C=O) groups is 1. The smallest absolute Gasteiger partial charge is 0.311 e. The fraction of sp³-hybridized carbons (Fsp3) is 0.600. The van der Waals surface area contributed by atoms with Crippen LogP contribution in [0, 0.1) is 0 Å². The van der Waals surface area contributed by atoms with Crippen LogP contribution in [0.3, 0.4) is 0 Å². The van der Waals surface area contributed by atoms with Crippen LogP contribution in [-0.2, 0) is 20.7 Å². The molecule has 0 radical (unpaired) electrons. The number of esters is 1. The van der Waals surface area contributed by atoms with E-state index in [0.29, 0.717) is 6.61 Å². The first-order valence-electron chi connectivity index (χ1n) is 4.80. The van der Waals surface area contributed by atoms with E-state index in [1.807, 2.05) is 19.2 Å². The second-order valence-electron chi connectivity index (χ2n) is 3.03. The molecule has 0 bridgehead atoms. The highest BCUT2D eigenvalue weighted by molar-refractivity contribution is 7.09. The van der Waals surface area contributed by atoms with Gasteiger partial charge in [0.1, 0.15) is 11.1 Å². The minimum Gasteiger partial charge on any atom is -0.469 e. The summed E-state index contributed by atoms with van der Waals surface area (Å²) in [6, 6.07) is 0. The first kappa shape index (κ1) is 12.1. The fourth-order valence-electron chi connectivity index (χ4n) is 1.13. The van der Waals surface area contributed by atoms with Gasteiger partial charge in [-0.05, 0) is 13.8 Å². The van der Waals surface area contributed by atoms with Crippen LogP contribution in [0.4, 0.5) is 0 Å². The summed E-state index contributed by atoms with van der Waals surface area (Å²) in [6.07, 6.45) is 0.220. The van der Waals surface area contributed by atoms with Gasteiger partial charge in [0.2, 0.25) is 0 Å². The Bertz CT molecular complexity index is 324. The van der Waals surface area contributed by atoms with E-state index in [0.717, 1.165) is 10.7 Å². The first-order chi connectivity index (χ1) is 7.17. The van der Waals surface area contributed by atoms with Gasteiger partial charge in [0.25, 0.3) is 0 Å². The Kier molecular flexibility index (Phi) is 4.71. The van der Waals surface area contributed by atoms with Crippen molar-refractivity contribution < 1.29 is 14.3 Å². The third-order valence-corrected chi connectivity index (χ3v) is 2.94. The van der Waals surface area contributed by atoms with Gasteiger partial charge in [-0.3, -0.25) is 4.79 Å². The van der Waals surface area contributed by atoms with Gasteiger partial charge in [0.15, 0.2) is 0 Å². The number of nitrogens with zero attached hydrogens (tertiary/aromatic N) is 1. The lowest BCUT2D eigenvalue weighted by molar-refractivity contribution is -0.139. The van der Waals surface area contributed by atoms with E-state index < -0.39 is 0 Å². The predicted molar refractivity (Wildman–Crippen MR) is 57.9 cm³/mol. The van der Waals surface area contributed by atoms with Crippen LogP contribution in [0.25, 0.3) is 0 Å². The Morgan fingerprint density at radius 1 is 1.67 bits per heavy atom. The molecule has 0 aromatic carbocycles. The van der Waals surface area contributed by atoms with E-state index in [1.165, 1.54) is 18.4 Å². The summed E-state index contributed by atoms with van der Waals surface area (Å²) in [5.74, 6) is -0.268. The van der Waals surface area contributed by atoms with Crippen molar-refractivity contribution in [1.29, 1.82) is 0 Å². The summed E-state index contributed by atoms with van der Waals surface area (Å²) in [4.78, 5) is 15.3. The molecule has 0 aliphatic heterocycles. The van der Waals surface area contributed by atoms with Gasteiger partial charge in [-0.15, -0.1) is 11.3 Å².